The number of hydrazine groups is 1. The van der Waals surface area contributed by atoms with Crippen LogP contribution in [0.25, 0.3) is 0 Å². The molecule has 1 rings (SSSR count). The molecule has 0 aliphatic carbocycles. The molecule has 0 aliphatic rings. The van der Waals surface area contributed by atoms with Gasteiger partial charge in [-0.2, -0.15) is 13.2 Å². The van der Waals surface area contributed by atoms with Crippen molar-refractivity contribution in [2.75, 3.05) is 6.54 Å². The summed E-state index contributed by atoms with van der Waals surface area (Å²) < 4.78 is 57.0. The van der Waals surface area contributed by atoms with Crippen LogP contribution >= 0.6 is 0 Å². The van der Waals surface area contributed by atoms with Crippen molar-refractivity contribution in [1.82, 2.24) is 10.4 Å². The molecule has 9 nitrogen and oxygen atoms in total. The number of amides is 1. The molecule has 0 aliphatic heterocycles. The molecule has 0 unspecified atom stereocenters. The van der Waals surface area contributed by atoms with Crippen molar-refractivity contribution in [1.29, 1.82) is 0 Å². The standard InChI is InChI=1S/C18H18F4N2O7/c1-17(2,3)31-16(30)23-24(12(15(28)29)7-14(26)27)8-13(25)9-4-5-11(19)10(6-9)18(20,21)22/h4-7H,8H2,1-3H3,(H,23,30)(H,26,27)(H,28,29)/b12-7+. The van der Waals surface area contributed by atoms with E-state index in [2.05, 4.69) is 0 Å². The molecule has 3 N–H and O–H groups in total. The average Bonchev–Trinajstić information content (AvgIpc) is 2.56. The van der Waals surface area contributed by atoms with Crippen LogP contribution in [0.3, 0.4) is 0 Å². The first-order valence-corrected chi connectivity index (χ1v) is 8.36. The summed E-state index contributed by atoms with van der Waals surface area (Å²) in [5.41, 5.74) is -2.68. The van der Waals surface area contributed by atoms with E-state index in [-0.39, 0.29) is 17.2 Å². The molecule has 31 heavy (non-hydrogen) atoms. The lowest BCUT2D eigenvalue weighted by Crippen LogP contribution is -2.48. The molecular formula is C18H18F4N2O7. The monoisotopic (exact) mass is 450 g/mol. The van der Waals surface area contributed by atoms with E-state index in [1.165, 1.54) is 20.8 Å². The first-order chi connectivity index (χ1) is 14.0. The van der Waals surface area contributed by atoms with Crippen molar-refractivity contribution in [2.24, 2.45) is 0 Å². The molecule has 1 aromatic rings. The Hall–Kier alpha value is -3.64. The SMILES string of the molecule is CC(C)(C)OC(=O)NN(CC(=O)c1ccc(F)c(C(F)(F)F)c1)/C(=C/C(=O)O)C(=O)O. The molecule has 1 amide bonds. The Labute approximate surface area is 172 Å². The number of carbonyl (C=O) groups is 4. The Morgan fingerprint density at radius 1 is 1.13 bits per heavy atom. The molecule has 0 bridgehead atoms. The van der Waals surface area contributed by atoms with E-state index in [4.69, 9.17) is 9.84 Å². The summed E-state index contributed by atoms with van der Waals surface area (Å²) in [4.78, 5) is 46.7. The molecule has 0 saturated heterocycles. The number of benzene rings is 1. The number of ether oxygens (including phenoxy) is 1. The number of rotatable bonds is 7. The zero-order chi connectivity index (χ0) is 24.1. The molecule has 0 radical (unpaired) electrons. The van der Waals surface area contributed by atoms with Crippen LogP contribution < -0.4 is 5.43 Å². The molecule has 170 valence electrons. The second-order valence-corrected chi connectivity index (χ2v) is 6.99. The predicted octanol–water partition coefficient (Wildman–Crippen LogP) is 2.82. The van der Waals surface area contributed by atoms with E-state index in [9.17, 15) is 41.8 Å². The third-order valence-electron chi connectivity index (χ3n) is 3.29. The molecule has 13 heteroatoms. The van der Waals surface area contributed by atoms with Crippen molar-refractivity contribution in [3.8, 4) is 0 Å². The van der Waals surface area contributed by atoms with Crippen LogP contribution in [0.4, 0.5) is 22.4 Å². The number of nitrogens with one attached hydrogen (secondary N) is 1. The number of carboxylic acid groups (broad SMARTS) is 2. The second-order valence-electron chi connectivity index (χ2n) is 6.99. The quantitative estimate of drug-likeness (QED) is 0.250. The van der Waals surface area contributed by atoms with Gasteiger partial charge in [0.1, 0.15) is 18.0 Å². The molecule has 0 aromatic heterocycles. The number of carboxylic acids is 2. The van der Waals surface area contributed by atoms with E-state index in [1.807, 2.05) is 5.43 Å². The van der Waals surface area contributed by atoms with Crippen LogP contribution in [0.2, 0.25) is 0 Å². The van der Waals surface area contributed by atoms with Crippen molar-refractivity contribution in [3.63, 3.8) is 0 Å². The molecule has 0 saturated carbocycles. The van der Waals surface area contributed by atoms with Crippen LogP contribution in [0.5, 0.6) is 0 Å². The summed E-state index contributed by atoms with van der Waals surface area (Å²) in [6, 6.07) is 1.33. The lowest BCUT2D eigenvalue weighted by molar-refractivity contribution is -0.140. The maximum Gasteiger partial charge on any atom is 0.426 e. The first kappa shape index (κ1) is 25.4. The Bertz CT molecular complexity index is 920. The van der Waals surface area contributed by atoms with Crippen molar-refractivity contribution in [3.05, 3.63) is 46.9 Å². The summed E-state index contributed by atoms with van der Waals surface area (Å²) in [5, 5.41) is 18.4. The number of hydrogen-bond acceptors (Lipinski definition) is 6. The highest BCUT2D eigenvalue weighted by Gasteiger charge is 2.35. The summed E-state index contributed by atoms with van der Waals surface area (Å²) in [7, 11) is 0. The van der Waals surface area contributed by atoms with Crippen LogP contribution in [0.1, 0.15) is 36.7 Å². The number of ketones is 1. The third kappa shape index (κ3) is 7.95. The van der Waals surface area contributed by atoms with Gasteiger partial charge in [-0.1, -0.05) is 0 Å². The minimum atomic E-state index is -5.11. The van der Waals surface area contributed by atoms with E-state index in [0.717, 1.165) is 6.07 Å². The summed E-state index contributed by atoms with van der Waals surface area (Å²) in [6.45, 7) is 3.28. The Morgan fingerprint density at radius 3 is 2.16 bits per heavy atom. The van der Waals surface area contributed by atoms with Gasteiger partial charge in [0.2, 0.25) is 0 Å². The summed E-state index contributed by atoms with van der Waals surface area (Å²) >= 11 is 0. The summed E-state index contributed by atoms with van der Waals surface area (Å²) in [6.07, 6.45) is -6.23. The molecular weight excluding hydrogens is 432 g/mol. The van der Waals surface area contributed by atoms with Crippen LogP contribution in [0, 0.1) is 5.82 Å². The van der Waals surface area contributed by atoms with Crippen molar-refractivity contribution < 1.29 is 51.7 Å². The van der Waals surface area contributed by atoms with Gasteiger partial charge in [0, 0.05) is 5.56 Å². The van der Waals surface area contributed by atoms with Crippen LogP contribution in [-0.4, -0.2) is 51.2 Å². The topological polar surface area (TPSA) is 133 Å². The highest BCUT2D eigenvalue weighted by atomic mass is 19.4. The number of Topliss-reactive ketones (excluding diaryl/α,β-unsaturated/α-hetero) is 1. The maximum absolute atomic E-state index is 13.4. The zero-order valence-corrected chi connectivity index (χ0v) is 16.4. The second kappa shape index (κ2) is 9.45. The van der Waals surface area contributed by atoms with Gasteiger partial charge in [0.25, 0.3) is 0 Å². The average molecular weight is 450 g/mol. The largest absolute Gasteiger partial charge is 0.478 e. The third-order valence-corrected chi connectivity index (χ3v) is 3.29. The fourth-order valence-corrected chi connectivity index (χ4v) is 2.12. The van der Waals surface area contributed by atoms with E-state index in [0.29, 0.717) is 6.07 Å². The molecule has 0 spiro atoms. The van der Waals surface area contributed by atoms with Gasteiger partial charge in [0.15, 0.2) is 11.5 Å². The van der Waals surface area contributed by atoms with Gasteiger partial charge >= 0.3 is 24.2 Å². The fraction of sp³-hybridized carbons (Fsp3) is 0.333. The predicted molar refractivity (Wildman–Crippen MR) is 95.2 cm³/mol. The van der Waals surface area contributed by atoms with Gasteiger partial charge < -0.3 is 14.9 Å². The number of hydrogen-bond donors (Lipinski definition) is 3. The maximum atomic E-state index is 13.4. The Balaban J connectivity index is 3.31. The number of nitrogens with zero attached hydrogens (tertiary/aromatic N) is 1. The molecule has 0 fully saturated rings. The Morgan fingerprint density at radius 2 is 1.71 bits per heavy atom. The normalized spacial score (nSPS) is 12.2. The lowest BCUT2D eigenvalue weighted by Gasteiger charge is -2.27. The fourth-order valence-electron chi connectivity index (χ4n) is 2.12. The molecule has 1 aromatic carbocycles. The number of halogens is 4. The van der Waals surface area contributed by atoms with Gasteiger partial charge in [-0.05, 0) is 39.0 Å². The lowest BCUT2D eigenvalue weighted by atomic mass is 10.1. The van der Waals surface area contributed by atoms with Gasteiger partial charge in [-0.15, -0.1) is 0 Å². The van der Waals surface area contributed by atoms with Crippen LogP contribution in [-0.2, 0) is 20.5 Å². The van der Waals surface area contributed by atoms with Gasteiger partial charge in [-0.3, -0.25) is 9.80 Å². The summed E-state index contributed by atoms with van der Waals surface area (Å²) in [5.74, 6) is -6.44. The van der Waals surface area contributed by atoms with Crippen LogP contribution in [0.15, 0.2) is 30.0 Å². The minimum Gasteiger partial charge on any atom is -0.478 e. The first-order valence-electron chi connectivity index (χ1n) is 8.36. The van der Waals surface area contributed by atoms with Crippen molar-refractivity contribution in [2.45, 2.75) is 32.5 Å². The minimum absolute atomic E-state index is 0.152. The van der Waals surface area contributed by atoms with Gasteiger partial charge in [-0.25, -0.2) is 24.2 Å². The van der Waals surface area contributed by atoms with E-state index >= 15 is 0 Å². The number of carbonyl (C=O) groups excluding carboxylic acids is 2. The number of aliphatic carboxylic acids is 2. The Kier molecular flexibility index (Phi) is 7.74. The van der Waals surface area contributed by atoms with E-state index in [1.54, 1.807) is 0 Å². The van der Waals surface area contributed by atoms with Crippen molar-refractivity contribution >= 4 is 23.8 Å². The highest BCUT2D eigenvalue weighted by molar-refractivity contribution is 6.00. The number of alkyl halides is 3. The molecule has 0 heterocycles. The zero-order valence-electron chi connectivity index (χ0n) is 16.4. The van der Waals surface area contributed by atoms with Gasteiger partial charge in [0.05, 0.1) is 11.6 Å². The highest BCUT2D eigenvalue weighted by Crippen LogP contribution is 2.32. The smallest absolute Gasteiger partial charge is 0.426 e. The van der Waals surface area contributed by atoms with E-state index < -0.39 is 64.8 Å². The molecule has 0 atom stereocenters.